The third kappa shape index (κ3) is 5.33. The second-order valence-corrected chi connectivity index (χ2v) is 8.91. The number of carbonyl (C=O) groups is 2. The van der Waals surface area contributed by atoms with Gasteiger partial charge in [-0.2, -0.15) is 0 Å². The molecule has 3 rings (SSSR count). The number of halogens is 4. The van der Waals surface area contributed by atoms with Crippen molar-refractivity contribution in [2.45, 2.75) is 23.2 Å². The number of benzene rings is 2. The Labute approximate surface area is 175 Å². The lowest BCUT2D eigenvalue weighted by Crippen LogP contribution is -2.38. The van der Waals surface area contributed by atoms with Gasteiger partial charge in [0.1, 0.15) is 0 Å². The van der Waals surface area contributed by atoms with E-state index in [4.69, 9.17) is 34.8 Å². The first kappa shape index (κ1) is 20.5. The van der Waals surface area contributed by atoms with E-state index in [1.54, 1.807) is 6.07 Å². The standard InChI is InChI=1S/C17H14INO2.CHCl3/c1-17(10-15(20)11-6-8-12(18)9-7-11)14-5-3-2-4-13(14)16(21)19-17;2-1(3)4/h2-9H,10H2,1H3,(H,19,21);1H/t17-;/m0./s1. The van der Waals surface area contributed by atoms with Gasteiger partial charge in [0.25, 0.3) is 5.91 Å². The molecule has 2 aromatic rings. The average molecular weight is 511 g/mol. The number of ketones is 1. The van der Waals surface area contributed by atoms with Gasteiger partial charge < -0.3 is 5.32 Å². The van der Waals surface area contributed by atoms with Gasteiger partial charge in [0.05, 0.1) is 5.54 Å². The van der Waals surface area contributed by atoms with Crippen molar-refractivity contribution in [3.05, 3.63) is 68.8 Å². The highest BCUT2D eigenvalue weighted by atomic mass is 127. The fraction of sp³-hybridized carbons (Fsp3) is 0.222. The van der Waals surface area contributed by atoms with Gasteiger partial charge in [-0.15, -0.1) is 0 Å². The zero-order chi connectivity index (χ0) is 18.6. The molecule has 132 valence electrons. The molecule has 0 aliphatic carbocycles. The van der Waals surface area contributed by atoms with Gasteiger partial charge in [0.2, 0.25) is 0 Å². The number of amides is 1. The third-order valence-electron chi connectivity index (χ3n) is 3.84. The Kier molecular flexibility index (Phi) is 7.14. The van der Waals surface area contributed by atoms with E-state index in [0.717, 1.165) is 9.13 Å². The van der Waals surface area contributed by atoms with Crippen LogP contribution in [-0.4, -0.2) is 16.0 Å². The molecular weight excluding hydrogens is 495 g/mol. The molecule has 0 radical (unpaired) electrons. The maximum atomic E-state index is 12.5. The van der Waals surface area contributed by atoms with E-state index in [-0.39, 0.29) is 18.1 Å². The van der Waals surface area contributed by atoms with Crippen molar-refractivity contribution in [3.63, 3.8) is 0 Å². The van der Waals surface area contributed by atoms with Gasteiger partial charge in [-0.25, -0.2) is 0 Å². The van der Waals surface area contributed by atoms with Crippen LogP contribution in [0.3, 0.4) is 0 Å². The monoisotopic (exact) mass is 509 g/mol. The van der Waals surface area contributed by atoms with E-state index in [0.29, 0.717) is 11.1 Å². The molecule has 1 aliphatic rings. The van der Waals surface area contributed by atoms with E-state index in [1.807, 2.05) is 49.4 Å². The van der Waals surface area contributed by atoms with Crippen LogP contribution in [-0.2, 0) is 5.54 Å². The summed E-state index contributed by atoms with van der Waals surface area (Å²) < 4.78 is 0.342. The summed E-state index contributed by atoms with van der Waals surface area (Å²) in [6.07, 6.45) is 0.260. The van der Waals surface area contributed by atoms with Gasteiger partial charge in [-0.3, -0.25) is 9.59 Å². The van der Waals surface area contributed by atoms with Crippen molar-refractivity contribution in [2.75, 3.05) is 0 Å². The van der Waals surface area contributed by atoms with Crippen molar-refractivity contribution < 1.29 is 9.59 Å². The summed E-state index contributed by atoms with van der Waals surface area (Å²) in [4.78, 5) is 24.5. The molecular formula is C18H15Cl3INO2. The van der Waals surface area contributed by atoms with E-state index >= 15 is 0 Å². The Morgan fingerprint density at radius 3 is 2.28 bits per heavy atom. The summed E-state index contributed by atoms with van der Waals surface area (Å²) in [5.41, 5.74) is 1.60. The zero-order valence-corrected chi connectivity index (χ0v) is 17.7. The fourth-order valence-electron chi connectivity index (χ4n) is 2.75. The van der Waals surface area contributed by atoms with Crippen LogP contribution in [0.25, 0.3) is 0 Å². The SMILES string of the molecule is C[C@@]1(CC(=O)c2ccc(I)cc2)NC(=O)c2ccccc21.ClC(Cl)Cl. The highest BCUT2D eigenvalue weighted by Gasteiger charge is 2.40. The first-order chi connectivity index (χ1) is 11.7. The molecule has 25 heavy (non-hydrogen) atoms. The predicted octanol–water partition coefficient (Wildman–Crippen LogP) is 5.51. The lowest BCUT2D eigenvalue weighted by atomic mass is 9.86. The molecule has 0 spiro atoms. The lowest BCUT2D eigenvalue weighted by molar-refractivity contribution is 0.0894. The number of Topliss-reactive ketones (excluding diaryl/α,β-unsaturated/α-hetero) is 1. The fourth-order valence-corrected chi connectivity index (χ4v) is 3.11. The quantitative estimate of drug-likeness (QED) is 0.336. The topological polar surface area (TPSA) is 46.2 Å². The number of nitrogens with one attached hydrogen (secondary N) is 1. The molecule has 1 N–H and O–H groups in total. The number of hydrogen-bond acceptors (Lipinski definition) is 2. The molecule has 0 bridgehead atoms. The third-order valence-corrected chi connectivity index (χ3v) is 4.56. The summed E-state index contributed by atoms with van der Waals surface area (Å²) in [5.74, 6) is -0.0746. The van der Waals surface area contributed by atoms with E-state index < -0.39 is 9.83 Å². The second kappa shape index (κ2) is 8.71. The van der Waals surface area contributed by atoms with Crippen LogP contribution in [0.1, 0.15) is 39.6 Å². The number of rotatable bonds is 3. The minimum atomic E-state index is -0.750. The molecule has 0 saturated carbocycles. The van der Waals surface area contributed by atoms with Crippen LogP contribution in [0.2, 0.25) is 0 Å². The largest absolute Gasteiger partial charge is 0.342 e. The summed E-state index contributed by atoms with van der Waals surface area (Å²) in [6, 6.07) is 14.9. The highest BCUT2D eigenvalue weighted by molar-refractivity contribution is 14.1. The number of carbonyl (C=O) groups excluding carboxylic acids is 2. The Hall–Kier alpha value is -0.820. The summed E-state index contributed by atoms with van der Waals surface area (Å²) in [6.45, 7) is 1.90. The van der Waals surface area contributed by atoms with Crippen LogP contribution in [0.4, 0.5) is 0 Å². The van der Waals surface area contributed by atoms with Crippen molar-refractivity contribution >= 4 is 69.1 Å². The van der Waals surface area contributed by atoms with Gasteiger partial charge in [0, 0.05) is 21.1 Å². The number of hydrogen-bond donors (Lipinski definition) is 1. The normalized spacial score (nSPS) is 18.2. The molecule has 0 aromatic heterocycles. The van der Waals surface area contributed by atoms with Gasteiger partial charge in [-0.1, -0.05) is 65.1 Å². The first-order valence-electron chi connectivity index (χ1n) is 7.36. The minimum Gasteiger partial charge on any atom is -0.342 e. The van der Waals surface area contributed by atoms with Crippen LogP contribution in [0.5, 0.6) is 0 Å². The molecule has 0 fully saturated rings. The molecule has 3 nitrogen and oxygen atoms in total. The van der Waals surface area contributed by atoms with E-state index in [9.17, 15) is 9.59 Å². The molecule has 7 heteroatoms. The molecule has 1 heterocycles. The molecule has 0 saturated heterocycles. The Balaban J connectivity index is 0.000000511. The molecule has 1 atom stereocenters. The smallest absolute Gasteiger partial charge is 0.252 e. The highest BCUT2D eigenvalue weighted by Crippen LogP contribution is 2.34. The van der Waals surface area contributed by atoms with E-state index in [1.165, 1.54) is 0 Å². The molecule has 2 aromatic carbocycles. The van der Waals surface area contributed by atoms with Crippen LogP contribution in [0, 0.1) is 3.57 Å². The first-order valence-corrected chi connectivity index (χ1v) is 9.75. The zero-order valence-electron chi connectivity index (χ0n) is 13.2. The maximum absolute atomic E-state index is 12.5. The maximum Gasteiger partial charge on any atom is 0.252 e. The minimum absolute atomic E-state index is 0.0332. The Bertz CT molecular complexity index is 777. The van der Waals surface area contributed by atoms with E-state index in [2.05, 4.69) is 27.9 Å². The van der Waals surface area contributed by atoms with Gasteiger partial charge in [-0.05, 0) is 53.3 Å². The average Bonchev–Trinajstić information content (AvgIpc) is 2.79. The predicted molar refractivity (Wildman–Crippen MR) is 111 cm³/mol. The van der Waals surface area contributed by atoms with Gasteiger partial charge >= 0.3 is 0 Å². The van der Waals surface area contributed by atoms with Crippen LogP contribution >= 0.6 is 57.4 Å². The lowest BCUT2D eigenvalue weighted by Gasteiger charge is -2.24. The van der Waals surface area contributed by atoms with Crippen molar-refractivity contribution in [3.8, 4) is 0 Å². The Morgan fingerprint density at radius 2 is 1.68 bits per heavy atom. The van der Waals surface area contributed by atoms with Crippen molar-refractivity contribution in [1.29, 1.82) is 0 Å². The summed E-state index contributed by atoms with van der Waals surface area (Å²) in [5, 5.41) is 2.95. The van der Waals surface area contributed by atoms with Crippen LogP contribution in [0.15, 0.2) is 48.5 Å². The van der Waals surface area contributed by atoms with Crippen LogP contribution < -0.4 is 5.32 Å². The van der Waals surface area contributed by atoms with Crippen molar-refractivity contribution in [2.24, 2.45) is 0 Å². The molecule has 1 amide bonds. The second-order valence-electron chi connectivity index (χ2n) is 5.69. The van der Waals surface area contributed by atoms with Crippen molar-refractivity contribution in [1.82, 2.24) is 5.32 Å². The molecule has 1 aliphatic heterocycles. The number of fused-ring (bicyclic) bond motifs is 1. The molecule has 0 unspecified atom stereocenters. The summed E-state index contributed by atoms with van der Waals surface area (Å²) >= 11 is 16.6. The van der Waals surface area contributed by atoms with Gasteiger partial charge in [0.15, 0.2) is 10.1 Å². The number of alkyl halides is 3. The summed E-state index contributed by atoms with van der Waals surface area (Å²) in [7, 11) is 0. The Morgan fingerprint density at radius 1 is 1.12 bits per heavy atom.